The first-order valence-corrected chi connectivity index (χ1v) is 9.13. The second-order valence-corrected chi connectivity index (χ2v) is 7.19. The maximum Gasteiger partial charge on any atom is 0.236 e. The summed E-state index contributed by atoms with van der Waals surface area (Å²) in [6.07, 6.45) is 1.91. The van der Waals surface area contributed by atoms with Crippen molar-refractivity contribution in [2.75, 3.05) is 11.0 Å². The number of rotatable bonds is 5. The van der Waals surface area contributed by atoms with Crippen LogP contribution in [0.2, 0.25) is 5.02 Å². The first kappa shape index (κ1) is 15.2. The third-order valence-electron chi connectivity index (χ3n) is 2.64. The number of thioether (sulfide) groups is 1. The molecule has 3 nitrogen and oxygen atoms in total. The third kappa shape index (κ3) is 4.16. The fourth-order valence-corrected chi connectivity index (χ4v) is 3.69. The minimum absolute atomic E-state index is 0.0765. The van der Waals surface area contributed by atoms with E-state index in [1.54, 1.807) is 36.4 Å². The fourth-order valence-electron chi connectivity index (χ4n) is 1.73. The van der Waals surface area contributed by atoms with Crippen molar-refractivity contribution in [3.05, 3.63) is 59.1 Å². The lowest BCUT2D eigenvalue weighted by Crippen LogP contribution is -2.15. The van der Waals surface area contributed by atoms with E-state index in [9.17, 15) is 8.42 Å². The second-order valence-electron chi connectivity index (χ2n) is 4.19. The molecule has 6 heteroatoms. The summed E-state index contributed by atoms with van der Waals surface area (Å²) in [4.78, 5) is 0.896. The van der Waals surface area contributed by atoms with E-state index in [0.717, 1.165) is 4.90 Å². The van der Waals surface area contributed by atoms with Gasteiger partial charge in [-0.05, 0) is 36.1 Å². The number of nitrogens with one attached hydrogen (secondary N) is 1. The summed E-state index contributed by atoms with van der Waals surface area (Å²) < 4.78 is 27.0. The summed E-state index contributed by atoms with van der Waals surface area (Å²) in [6, 6.07) is 14.1. The number of sulfonamides is 1. The Labute approximate surface area is 128 Å². The molecule has 0 fully saturated rings. The van der Waals surface area contributed by atoms with Crippen LogP contribution >= 0.6 is 23.4 Å². The number of hydrogen-bond donors (Lipinski definition) is 1. The quantitative estimate of drug-likeness (QED) is 0.844. The lowest BCUT2D eigenvalue weighted by Gasteiger charge is -2.11. The molecule has 0 atom stereocenters. The Balaban J connectivity index is 2.17. The predicted octanol–water partition coefficient (Wildman–Crippen LogP) is 4.00. The van der Waals surface area contributed by atoms with Gasteiger partial charge in [-0.25, -0.2) is 8.42 Å². The van der Waals surface area contributed by atoms with Crippen LogP contribution in [-0.2, 0) is 15.8 Å². The van der Waals surface area contributed by atoms with Crippen LogP contribution in [0, 0.1) is 0 Å². The average Bonchev–Trinajstić information content (AvgIpc) is 2.41. The van der Waals surface area contributed by atoms with Gasteiger partial charge in [0.05, 0.1) is 11.4 Å². The van der Waals surface area contributed by atoms with Crippen molar-refractivity contribution in [1.82, 2.24) is 0 Å². The van der Waals surface area contributed by atoms with Crippen LogP contribution in [0.25, 0.3) is 0 Å². The van der Waals surface area contributed by atoms with Crippen LogP contribution < -0.4 is 4.72 Å². The number of para-hydroxylation sites is 1. The van der Waals surface area contributed by atoms with Crippen molar-refractivity contribution in [2.24, 2.45) is 0 Å². The smallest absolute Gasteiger partial charge is 0.236 e. The molecule has 0 saturated carbocycles. The van der Waals surface area contributed by atoms with Crippen molar-refractivity contribution >= 4 is 39.1 Å². The van der Waals surface area contributed by atoms with Gasteiger partial charge < -0.3 is 0 Å². The standard InChI is InChI=1S/C14H14ClNO2S2/c1-19-14-5-3-2-4-13(14)16-20(17,18)10-11-6-8-12(15)9-7-11/h2-9,16H,10H2,1H3. The molecule has 0 amide bonds. The van der Waals surface area contributed by atoms with Crippen molar-refractivity contribution in [3.8, 4) is 0 Å². The lowest BCUT2D eigenvalue weighted by molar-refractivity contribution is 0.600. The van der Waals surface area contributed by atoms with E-state index in [1.807, 2.05) is 18.4 Å². The zero-order valence-electron chi connectivity index (χ0n) is 10.8. The molecular formula is C14H14ClNO2S2. The van der Waals surface area contributed by atoms with E-state index in [0.29, 0.717) is 16.3 Å². The van der Waals surface area contributed by atoms with Crippen molar-refractivity contribution in [1.29, 1.82) is 0 Å². The average molecular weight is 328 g/mol. The topological polar surface area (TPSA) is 46.2 Å². The molecule has 0 aliphatic rings. The Morgan fingerprint density at radius 3 is 2.40 bits per heavy atom. The molecule has 0 spiro atoms. The van der Waals surface area contributed by atoms with Gasteiger partial charge in [0.2, 0.25) is 10.0 Å². The normalized spacial score (nSPS) is 11.3. The molecule has 106 valence electrons. The van der Waals surface area contributed by atoms with Gasteiger partial charge >= 0.3 is 0 Å². The highest BCUT2D eigenvalue weighted by atomic mass is 35.5. The highest BCUT2D eigenvalue weighted by molar-refractivity contribution is 7.99. The van der Waals surface area contributed by atoms with Gasteiger partial charge in [-0.15, -0.1) is 11.8 Å². The van der Waals surface area contributed by atoms with Crippen LogP contribution in [-0.4, -0.2) is 14.7 Å². The monoisotopic (exact) mass is 327 g/mol. The van der Waals surface area contributed by atoms with E-state index in [1.165, 1.54) is 11.8 Å². The van der Waals surface area contributed by atoms with Gasteiger partial charge in [-0.3, -0.25) is 4.72 Å². The van der Waals surface area contributed by atoms with Crippen LogP contribution in [0.3, 0.4) is 0 Å². The first-order chi connectivity index (χ1) is 9.50. The summed E-state index contributed by atoms with van der Waals surface area (Å²) in [6.45, 7) is 0. The zero-order chi connectivity index (χ0) is 14.6. The van der Waals surface area contributed by atoms with Crippen LogP contribution in [0.4, 0.5) is 5.69 Å². The third-order valence-corrected chi connectivity index (χ3v) is 4.93. The van der Waals surface area contributed by atoms with Gasteiger partial charge in [0.1, 0.15) is 0 Å². The SMILES string of the molecule is CSc1ccccc1NS(=O)(=O)Cc1ccc(Cl)cc1. The predicted molar refractivity (Wildman–Crippen MR) is 85.9 cm³/mol. The molecule has 0 aliphatic carbocycles. The summed E-state index contributed by atoms with van der Waals surface area (Å²) in [5.41, 5.74) is 1.30. The molecule has 0 aliphatic heterocycles. The highest BCUT2D eigenvalue weighted by Gasteiger charge is 2.13. The van der Waals surface area contributed by atoms with E-state index in [-0.39, 0.29) is 5.75 Å². The molecule has 0 saturated heterocycles. The molecule has 0 aromatic heterocycles. The molecule has 1 N–H and O–H groups in total. The minimum atomic E-state index is -3.44. The Morgan fingerprint density at radius 2 is 1.75 bits per heavy atom. The Morgan fingerprint density at radius 1 is 1.10 bits per heavy atom. The van der Waals surface area contributed by atoms with Crippen LogP contribution in [0.5, 0.6) is 0 Å². The fraction of sp³-hybridized carbons (Fsp3) is 0.143. The molecule has 2 aromatic rings. The Bertz CT molecular complexity index is 685. The number of benzene rings is 2. The van der Waals surface area contributed by atoms with Crippen molar-refractivity contribution < 1.29 is 8.42 Å². The lowest BCUT2D eigenvalue weighted by atomic mass is 10.2. The zero-order valence-corrected chi connectivity index (χ0v) is 13.2. The molecule has 0 heterocycles. The molecule has 2 aromatic carbocycles. The van der Waals surface area contributed by atoms with E-state index >= 15 is 0 Å². The molecular weight excluding hydrogens is 314 g/mol. The summed E-state index contributed by atoms with van der Waals surface area (Å²) >= 11 is 7.28. The molecule has 0 radical (unpaired) electrons. The summed E-state index contributed by atoms with van der Waals surface area (Å²) in [5.74, 6) is -0.0765. The maximum atomic E-state index is 12.2. The molecule has 20 heavy (non-hydrogen) atoms. The van der Waals surface area contributed by atoms with Gasteiger partial charge in [0.15, 0.2) is 0 Å². The number of hydrogen-bond acceptors (Lipinski definition) is 3. The van der Waals surface area contributed by atoms with Crippen molar-refractivity contribution in [3.63, 3.8) is 0 Å². The van der Waals surface area contributed by atoms with E-state index < -0.39 is 10.0 Å². The second kappa shape index (κ2) is 6.52. The summed E-state index contributed by atoms with van der Waals surface area (Å²) in [5, 5.41) is 0.590. The van der Waals surface area contributed by atoms with Gasteiger partial charge in [0.25, 0.3) is 0 Å². The van der Waals surface area contributed by atoms with Crippen LogP contribution in [0.1, 0.15) is 5.56 Å². The Hall–Kier alpha value is -1.17. The van der Waals surface area contributed by atoms with Gasteiger partial charge in [0, 0.05) is 9.92 Å². The maximum absolute atomic E-state index is 12.2. The summed E-state index contributed by atoms with van der Waals surface area (Å²) in [7, 11) is -3.44. The largest absolute Gasteiger partial charge is 0.282 e. The number of halogens is 1. The van der Waals surface area contributed by atoms with E-state index in [4.69, 9.17) is 11.6 Å². The molecule has 2 rings (SSSR count). The van der Waals surface area contributed by atoms with Gasteiger partial charge in [-0.1, -0.05) is 35.9 Å². The number of anilines is 1. The molecule has 0 bridgehead atoms. The Kier molecular flexibility index (Phi) is 4.96. The highest BCUT2D eigenvalue weighted by Crippen LogP contribution is 2.26. The van der Waals surface area contributed by atoms with Gasteiger partial charge in [-0.2, -0.15) is 0 Å². The molecule has 0 unspecified atom stereocenters. The van der Waals surface area contributed by atoms with Crippen molar-refractivity contribution in [2.45, 2.75) is 10.6 Å². The van der Waals surface area contributed by atoms with Crippen LogP contribution in [0.15, 0.2) is 53.4 Å². The first-order valence-electron chi connectivity index (χ1n) is 5.88. The van der Waals surface area contributed by atoms with E-state index in [2.05, 4.69) is 4.72 Å². The minimum Gasteiger partial charge on any atom is -0.282 e.